The maximum Gasteiger partial charge on any atom is 0.434 e. The minimum absolute atomic E-state index is 0.391. The fraction of sp³-hybridized carbons (Fsp3) is 0.375. The van der Waals surface area contributed by atoms with Crippen LogP contribution in [-0.4, -0.2) is 37.7 Å². The number of aromatic nitrogens is 1. The highest BCUT2D eigenvalue weighted by Crippen LogP contribution is 2.29. The average Bonchev–Trinajstić information content (AvgIpc) is 3.07. The molecular weight excluding hydrogens is 353 g/mol. The molecule has 0 spiro atoms. The van der Waals surface area contributed by atoms with Gasteiger partial charge in [-0.15, -0.1) is 11.3 Å². The van der Waals surface area contributed by atoms with Crippen molar-refractivity contribution in [3.8, 4) is 5.75 Å². The largest absolute Gasteiger partial charge is 0.492 e. The molecule has 0 saturated heterocycles. The highest BCUT2D eigenvalue weighted by atomic mass is 32.1. The minimum Gasteiger partial charge on any atom is -0.492 e. The number of aliphatic imine (C=N–C) groups is 1. The van der Waals surface area contributed by atoms with Gasteiger partial charge in [-0.25, -0.2) is 4.98 Å². The number of benzene rings is 1. The van der Waals surface area contributed by atoms with E-state index in [1.807, 2.05) is 30.3 Å². The lowest BCUT2D eigenvalue weighted by Gasteiger charge is -2.12. The van der Waals surface area contributed by atoms with Crippen LogP contribution in [0.5, 0.6) is 5.75 Å². The number of para-hydroxylation sites is 1. The van der Waals surface area contributed by atoms with E-state index in [0.717, 1.165) is 22.5 Å². The molecule has 0 bridgehead atoms. The molecule has 2 rings (SSSR count). The van der Waals surface area contributed by atoms with E-state index in [-0.39, 0.29) is 0 Å². The van der Waals surface area contributed by atoms with Crippen LogP contribution in [-0.2, 0) is 12.6 Å². The van der Waals surface area contributed by atoms with Crippen molar-refractivity contribution in [1.29, 1.82) is 0 Å². The summed E-state index contributed by atoms with van der Waals surface area (Å²) >= 11 is 1.00. The first kappa shape index (κ1) is 19.0. The molecule has 1 aromatic heterocycles. The highest BCUT2D eigenvalue weighted by Gasteiger charge is 2.33. The van der Waals surface area contributed by atoms with Gasteiger partial charge in [0.2, 0.25) is 0 Å². The van der Waals surface area contributed by atoms with Gasteiger partial charge in [0.05, 0.1) is 11.6 Å². The molecule has 2 aromatic rings. The molecule has 2 N–H and O–H groups in total. The molecule has 0 amide bonds. The summed E-state index contributed by atoms with van der Waals surface area (Å²) in [6.45, 7) is 1.44. The normalized spacial score (nSPS) is 12.1. The number of thiazole rings is 1. The minimum atomic E-state index is -4.39. The standard InChI is InChI=1S/C16H19F3N4OS/c1-20-15(22-9-10-24-12-5-3-2-4-6-12)21-8-7-14-23-13(11-25-14)16(17,18)19/h2-6,11H,7-10H2,1H3,(H2,20,21,22). The summed E-state index contributed by atoms with van der Waals surface area (Å²) in [6.07, 6.45) is -4.00. The molecule has 0 aliphatic carbocycles. The molecule has 0 atom stereocenters. The predicted octanol–water partition coefficient (Wildman–Crippen LogP) is 2.95. The Kier molecular flexibility index (Phi) is 7.05. The predicted molar refractivity (Wildman–Crippen MR) is 92.1 cm³/mol. The zero-order valence-electron chi connectivity index (χ0n) is 13.6. The fourth-order valence-electron chi connectivity index (χ4n) is 1.92. The van der Waals surface area contributed by atoms with Crippen LogP contribution in [0.2, 0.25) is 0 Å². The number of halogens is 3. The quantitative estimate of drug-likeness (QED) is 0.446. The van der Waals surface area contributed by atoms with Crippen LogP contribution in [0, 0.1) is 0 Å². The third kappa shape index (κ3) is 6.61. The van der Waals surface area contributed by atoms with E-state index in [1.54, 1.807) is 7.05 Å². The summed E-state index contributed by atoms with van der Waals surface area (Å²) in [5.74, 6) is 1.35. The van der Waals surface area contributed by atoms with Crippen molar-refractivity contribution in [2.24, 2.45) is 4.99 Å². The molecule has 0 aliphatic rings. The Morgan fingerprint density at radius 1 is 1.20 bits per heavy atom. The summed E-state index contributed by atoms with van der Waals surface area (Å²) in [4.78, 5) is 7.64. The second kappa shape index (κ2) is 9.26. The van der Waals surface area contributed by atoms with Gasteiger partial charge in [-0.2, -0.15) is 13.2 Å². The van der Waals surface area contributed by atoms with Gasteiger partial charge < -0.3 is 15.4 Å². The number of nitrogens with one attached hydrogen (secondary N) is 2. The number of hydrogen-bond donors (Lipinski definition) is 2. The maximum absolute atomic E-state index is 12.5. The molecule has 25 heavy (non-hydrogen) atoms. The van der Waals surface area contributed by atoms with Crippen molar-refractivity contribution in [3.05, 3.63) is 46.4 Å². The van der Waals surface area contributed by atoms with E-state index in [0.29, 0.717) is 37.1 Å². The second-order valence-electron chi connectivity index (χ2n) is 4.96. The van der Waals surface area contributed by atoms with E-state index in [1.165, 1.54) is 0 Å². The van der Waals surface area contributed by atoms with Gasteiger partial charge in [0, 0.05) is 25.4 Å². The summed E-state index contributed by atoms with van der Waals surface area (Å²) < 4.78 is 43.0. The van der Waals surface area contributed by atoms with Crippen LogP contribution in [0.15, 0.2) is 40.7 Å². The van der Waals surface area contributed by atoms with E-state index in [2.05, 4.69) is 20.6 Å². The Bertz CT molecular complexity index is 674. The zero-order valence-corrected chi connectivity index (χ0v) is 14.5. The summed E-state index contributed by atoms with van der Waals surface area (Å²) in [5, 5.41) is 7.57. The Morgan fingerprint density at radius 3 is 2.56 bits per heavy atom. The molecule has 5 nitrogen and oxygen atoms in total. The van der Waals surface area contributed by atoms with Gasteiger partial charge in [-0.05, 0) is 12.1 Å². The lowest BCUT2D eigenvalue weighted by molar-refractivity contribution is -0.140. The van der Waals surface area contributed by atoms with Crippen LogP contribution >= 0.6 is 11.3 Å². The van der Waals surface area contributed by atoms with Crippen LogP contribution in [0.25, 0.3) is 0 Å². The van der Waals surface area contributed by atoms with Crippen LogP contribution in [0.3, 0.4) is 0 Å². The van der Waals surface area contributed by atoms with E-state index < -0.39 is 11.9 Å². The molecule has 9 heteroatoms. The Hall–Kier alpha value is -2.29. The van der Waals surface area contributed by atoms with Crippen molar-refractivity contribution in [3.63, 3.8) is 0 Å². The third-order valence-corrected chi connectivity index (χ3v) is 4.01. The highest BCUT2D eigenvalue weighted by molar-refractivity contribution is 7.09. The fourth-order valence-corrected chi connectivity index (χ4v) is 2.72. The van der Waals surface area contributed by atoms with Gasteiger partial charge in [0.1, 0.15) is 12.4 Å². The SMILES string of the molecule is CN=C(NCCOc1ccccc1)NCCc1nc(C(F)(F)F)cs1. The van der Waals surface area contributed by atoms with Crippen LogP contribution in [0.1, 0.15) is 10.7 Å². The van der Waals surface area contributed by atoms with E-state index >= 15 is 0 Å². The molecule has 136 valence electrons. The summed E-state index contributed by atoms with van der Waals surface area (Å²) in [7, 11) is 1.62. The maximum atomic E-state index is 12.5. The molecule has 1 heterocycles. The Balaban J connectivity index is 1.66. The van der Waals surface area contributed by atoms with Crippen molar-refractivity contribution in [2.75, 3.05) is 26.7 Å². The van der Waals surface area contributed by atoms with Gasteiger partial charge in [-0.1, -0.05) is 18.2 Å². The van der Waals surface area contributed by atoms with Crippen molar-refractivity contribution in [2.45, 2.75) is 12.6 Å². The Labute approximate surface area is 148 Å². The molecule has 1 aromatic carbocycles. The molecule has 0 unspecified atom stereocenters. The van der Waals surface area contributed by atoms with E-state index in [9.17, 15) is 13.2 Å². The number of ether oxygens (including phenoxy) is 1. The number of guanidine groups is 1. The van der Waals surface area contributed by atoms with Gasteiger partial charge >= 0.3 is 6.18 Å². The summed E-state index contributed by atoms with van der Waals surface area (Å²) in [6, 6.07) is 9.45. The summed E-state index contributed by atoms with van der Waals surface area (Å²) in [5.41, 5.74) is -0.840. The zero-order chi connectivity index (χ0) is 18.1. The van der Waals surface area contributed by atoms with Gasteiger partial charge in [0.25, 0.3) is 0 Å². The molecule has 0 fully saturated rings. The van der Waals surface area contributed by atoms with Crippen LogP contribution in [0.4, 0.5) is 13.2 Å². The monoisotopic (exact) mass is 372 g/mol. The first-order valence-corrected chi connectivity index (χ1v) is 8.51. The van der Waals surface area contributed by atoms with Gasteiger partial charge in [-0.3, -0.25) is 4.99 Å². The van der Waals surface area contributed by atoms with Gasteiger partial charge in [0.15, 0.2) is 11.7 Å². The number of rotatable bonds is 7. The second-order valence-corrected chi connectivity index (χ2v) is 5.90. The van der Waals surface area contributed by atoms with E-state index in [4.69, 9.17) is 4.74 Å². The molecule has 0 radical (unpaired) electrons. The smallest absolute Gasteiger partial charge is 0.434 e. The van der Waals surface area contributed by atoms with Crippen molar-refractivity contribution in [1.82, 2.24) is 15.6 Å². The number of nitrogens with zero attached hydrogens (tertiary/aromatic N) is 2. The Morgan fingerprint density at radius 2 is 1.92 bits per heavy atom. The molecule has 0 saturated carbocycles. The lowest BCUT2D eigenvalue weighted by Crippen LogP contribution is -2.40. The lowest BCUT2D eigenvalue weighted by atomic mass is 10.3. The number of alkyl halides is 3. The first-order valence-electron chi connectivity index (χ1n) is 7.63. The van der Waals surface area contributed by atoms with Crippen LogP contribution < -0.4 is 15.4 Å². The molecule has 0 aliphatic heterocycles. The first-order chi connectivity index (χ1) is 12.0. The van der Waals surface area contributed by atoms with Crippen molar-refractivity contribution < 1.29 is 17.9 Å². The average molecular weight is 372 g/mol. The third-order valence-electron chi connectivity index (χ3n) is 3.10. The number of hydrogen-bond acceptors (Lipinski definition) is 4. The van der Waals surface area contributed by atoms with Crippen molar-refractivity contribution >= 4 is 17.3 Å². The topological polar surface area (TPSA) is 58.5 Å². The molecular formula is C16H19F3N4OS.